The Bertz CT molecular complexity index is 524. The lowest BCUT2D eigenvalue weighted by Gasteiger charge is -2.21. The van der Waals surface area contributed by atoms with E-state index in [4.69, 9.17) is 0 Å². The number of likely N-dealkylation sites (N-methyl/N-ethyl adjacent to an activating group) is 1. The van der Waals surface area contributed by atoms with Crippen LogP contribution in [0.3, 0.4) is 0 Å². The van der Waals surface area contributed by atoms with Gasteiger partial charge in [0.05, 0.1) is 12.7 Å². The van der Waals surface area contributed by atoms with Crippen LogP contribution in [-0.2, 0) is 16.6 Å². The van der Waals surface area contributed by atoms with Crippen molar-refractivity contribution in [1.82, 2.24) is 19.8 Å². The summed E-state index contributed by atoms with van der Waals surface area (Å²) in [6, 6.07) is 0. The maximum atomic E-state index is 12.2. The summed E-state index contributed by atoms with van der Waals surface area (Å²) in [6.45, 7) is 4.89. The molecule has 1 aliphatic heterocycles. The molecule has 0 bridgehead atoms. The number of thioether (sulfide) groups is 1. The monoisotopic (exact) mass is 332 g/mol. The van der Waals surface area contributed by atoms with Gasteiger partial charge in [0.1, 0.15) is 4.90 Å². The summed E-state index contributed by atoms with van der Waals surface area (Å²) < 4.78 is 28.8. The van der Waals surface area contributed by atoms with Gasteiger partial charge in [0, 0.05) is 24.5 Å². The Morgan fingerprint density at radius 1 is 1.48 bits per heavy atom. The van der Waals surface area contributed by atoms with Gasteiger partial charge in [-0.15, -0.1) is 0 Å². The molecule has 1 atom stereocenters. The van der Waals surface area contributed by atoms with Crippen molar-refractivity contribution < 1.29 is 8.42 Å². The highest BCUT2D eigenvalue weighted by atomic mass is 32.2. The van der Waals surface area contributed by atoms with Crippen LogP contribution in [0, 0.1) is 0 Å². The predicted octanol–water partition coefficient (Wildman–Crippen LogP) is 1.06. The van der Waals surface area contributed by atoms with Crippen LogP contribution in [0.4, 0.5) is 0 Å². The van der Waals surface area contributed by atoms with Crippen molar-refractivity contribution in [3.8, 4) is 0 Å². The summed E-state index contributed by atoms with van der Waals surface area (Å²) in [4.78, 5) is 0.250. The van der Waals surface area contributed by atoms with E-state index in [9.17, 15) is 8.42 Å². The lowest BCUT2D eigenvalue weighted by molar-refractivity contribution is 0.562. The Balaban J connectivity index is 1.86. The molecule has 0 aliphatic carbocycles. The molecule has 0 saturated carbocycles. The highest BCUT2D eigenvalue weighted by Crippen LogP contribution is 2.24. The summed E-state index contributed by atoms with van der Waals surface area (Å²) in [5, 5.41) is 7.69. The van der Waals surface area contributed by atoms with Gasteiger partial charge in [0.25, 0.3) is 0 Å². The van der Waals surface area contributed by atoms with Crippen LogP contribution >= 0.6 is 11.8 Å². The van der Waals surface area contributed by atoms with E-state index in [0.29, 0.717) is 18.3 Å². The average molecular weight is 332 g/mol. The molecule has 1 saturated heterocycles. The molecule has 2 rings (SSSR count). The second kappa shape index (κ2) is 8.17. The maximum Gasteiger partial charge on any atom is 0.243 e. The number of hydrogen-bond donors (Lipinski definition) is 2. The summed E-state index contributed by atoms with van der Waals surface area (Å²) in [5.41, 5.74) is 0. The van der Waals surface area contributed by atoms with Crippen molar-refractivity contribution in [1.29, 1.82) is 0 Å². The summed E-state index contributed by atoms with van der Waals surface area (Å²) in [5.74, 6) is 1.13. The van der Waals surface area contributed by atoms with Gasteiger partial charge in [0.2, 0.25) is 10.0 Å². The van der Waals surface area contributed by atoms with Gasteiger partial charge in [-0.05, 0) is 25.1 Å². The van der Waals surface area contributed by atoms with Crippen LogP contribution < -0.4 is 10.0 Å². The van der Waals surface area contributed by atoms with Gasteiger partial charge >= 0.3 is 0 Å². The average Bonchev–Trinajstić information content (AvgIpc) is 2.96. The van der Waals surface area contributed by atoms with Crippen LogP contribution in [0.1, 0.15) is 26.2 Å². The molecule has 0 spiro atoms. The fourth-order valence-corrected chi connectivity index (χ4v) is 4.61. The largest absolute Gasteiger partial charge is 0.315 e. The van der Waals surface area contributed by atoms with Crippen LogP contribution in [0.15, 0.2) is 17.3 Å². The Hall–Kier alpha value is -0.570. The number of sulfonamides is 1. The molecule has 1 aromatic rings. The normalized spacial score (nSPS) is 19.8. The zero-order valence-electron chi connectivity index (χ0n) is 12.4. The smallest absolute Gasteiger partial charge is 0.243 e. The molecule has 21 heavy (non-hydrogen) atoms. The number of aromatic nitrogens is 2. The minimum atomic E-state index is -3.44. The first kappa shape index (κ1) is 16.8. The van der Waals surface area contributed by atoms with Crippen molar-refractivity contribution >= 4 is 21.8 Å². The first-order valence-corrected chi connectivity index (χ1v) is 9.99. The second-order valence-corrected chi connectivity index (χ2v) is 8.31. The highest BCUT2D eigenvalue weighted by molar-refractivity contribution is 8.00. The molecule has 1 aliphatic rings. The predicted molar refractivity (Wildman–Crippen MR) is 86.1 cm³/mol. The van der Waals surface area contributed by atoms with Gasteiger partial charge in [-0.3, -0.25) is 4.68 Å². The summed E-state index contributed by atoms with van der Waals surface area (Å²) in [7, 11) is -3.44. The fraction of sp³-hybridized carbons (Fsp3) is 0.769. The van der Waals surface area contributed by atoms with Crippen molar-refractivity contribution in [2.75, 3.05) is 25.4 Å². The zero-order valence-corrected chi connectivity index (χ0v) is 14.0. The second-order valence-electron chi connectivity index (χ2n) is 5.13. The van der Waals surface area contributed by atoms with Crippen molar-refractivity contribution in [2.24, 2.45) is 0 Å². The number of rotatable bonds is 8. The fourth-order valence-electron chi connectivity index (χ4n) is 2.23. The quantitative estimate of drug-likeness (QED) is 0.696. The molecule has 8 heteroatoms. The standard InChI is InChI=1S/C13H24N4O2S2/c1-2-14-6-7-17-11-13(10-15-17)21(18,19)16-9-12-5-3-4-8-20-12/h10-12,14,16H,2-9H2,1H3. The number of nitrogens with zero attached hydrogens (tertiary/aromatic N) is 2. The molecule has 0 amide bonds. The van der Waals surface area contributed by atoms with E-state index in [0.717, 1.165) is 25.3 Å². The molecular formula is C13H24N4O2S2. The van der Waals surface area contributed by atoms with Crippen molar-refractivity contribution in [3.05, 3.63) is 12.4 Å². The van der Waals surface area contributed by atoms with E-state index >= 15 is 0 Å². The van der Waals surface area contributed by atoms with E-state index in [-0.39, 0.29) is 4.90 Å². The molecule has 0 aromatic carbocycles. The molecule has 1 aromatic heterocycles. The van der Waals surface area contributed by atoms with E-state index in [1.165, 1.54) is 19.0 Å². The van der Waals surface area contributed by atoms with Gasteiger partial charge in [-0.1, -0.05) is 13.3 Å². The maximum absolute atomic E-state index is 12.2. The molecular weight excluding hydrogens is 308 g/mol. The molecule has 2 heterocycles. The molecule has 120 valence electrons. The molecule has 6 nitrogen and oxygen atoms in total. The third-order valence-corrected chi connectivity index (χ3v) is 6.24. The number of hydrogen-bond acceptors (Lipinski definition) is 5. The molecule has 1 fully saturated rings. The van der Waals surface area contributed by atoms with Crippen molar-refractivity contribution in [2.45, 2.75) is 42.9 Å². The Labute approximate surface area is 131 Å². The molecule has 0 radical (unpaired) electrons. The summed E-state index contributed by atoms with van der Waals surface area (Å²) in [6.07, 6.45) is 6.54. The summed E-state index contributed by atoms with van der Waals surface area (Å²) >= 11 is 1.86. The highest BCUT2D eigenvalue weighted by Gasteiger charge is 2.20. The number of nitrogens with one attached hydrogen (secondary N) is 2. The van der Waals surface area contributed by atoms with E-state index in [1.807, 2.05) is 18.7 Å². The van der Waals surface area contributed by atoms with Gasteiger partial charge in [-0.25, -0.2) is 13.1 Å². The van der Waals surface area contributed by atoms with Crippen LogP contribution in [0.5, 0.6) is 0 Å². The van der Waals surface area contributed by atoms with Gasteiger partial charge < -0.3 is 5.32 Å². The molecule has 1 unspecified atom stereocenters. The minimum absolute atomic E-state index is 0.250. The topological polar surface area (TPSA) is 76.0 Å². The zero-order chi connectivity index (χ0) is 15.1. The SMILES string of the molecule is CCNCCn1cc(S(=O)(=O)NCC2CCCCS2)cn1. The first-order valence-electron chi connectivity index (χ1n) is 7.46. The Morgan fingerprint density at radius 2 is 2.33 bits per heavy atom. The van der Waals surface area contributed by atoms with Crippen LogP contribution in [-0.4, -0.2) is 48.8 Å². The lowest BCUT2D eigenvalue weighted by Crippen LogP contribution is -2.31. The minimum Gasteiger partial charge on any atom is -0.315 e. The van der Waals surface area contributed by atoms with Crippen molar-refractivity contribution in [3.63, 3.8) is 0 Å². The lowest BCUT2D eigenvalue weighted by atomic mass is 10.2. The van der Waals surface area contributed by atoms with E-state index in [1.54, 1.807) is 10.9 Å². The van der Waals surface area contributed by atoms with E-state index < -0.39 is 10.0 Å². The van der Waals surface area contributed by atoms with E-state index in [2.05, 4.69) is 15.1 Å². The third-order valence-electron chi connectivity index (χ3n) is 3.46. The van der Waals surface area contributed by atoms with Gasteiger partial charge in [-0.2, -0.15) is 16.9 Å². The van der Waals surface area contributed by atoms with Crippen LogP contribution in [0.2, 0.25) is 0 Å². The first-order chi connectivity index (χ1) is 10.1. The Morgan fingerprint density at radius 3 is 3.05 bits per heavy atom. The third kappa shape index (κ3) is 5.28. The van der Waals surface area contributed by atoms with Gasteiger partial charge in [0.15, 0.2) is 0 Å². The van der Waals surface area contributed by atoms with Crippen LogP contribution in [0.25, 0.3) is 0 Å². The molecule has 2 N–H and O–H groups in total. The Kier molecular flexibility index (Phi) is 6.53.